The molecular weight excluding hydrogens is 303 g/mol. The molecule has 1 fully saturated rings. The molecule has 1 aliphatic heterocycles. The zero-order chi connectivity index (χ0) is 16.3. The molecule has 0 bridgehead atoms. The van der Waals surface area contributed by atoms with Gasteiger partial charge >= 0.3 is 6.18 Å². The normalized spacial score (nSPS) is 17.9. The van der Waals surface area contributed by atoms with E-state index in [0.717, 1.165) is 37.0 Å². The average Bonchev–Trinajstić information content (AvgIpc) is 2.94. The first-order valence-electron chi connectivity index (χ1n) is 8.23. The van der Waals surface area contributed by atoms with E-state index in [0.29, 0.717) is 13.1 Å². The Labute approximate surface area is 134 Å². The Morgan fingerprint density at radius 2 is 1.74 bits per heavy atom. The second kappa shape index (κ2) is 6.91. The third kappa shape index (κ3) is 4.05. The van der Waals surface area contributed by atoms with E-state index >= 15 is 0 Å². The van der Waals surface area contributed by atoms with Gasteiger partial charge in [-0.25, -0.2) is 4.98 Å². The summed E-state index contributed by atoms with van der Waals surface area (Å²) in [6, 6.07) is 8.04. The molecule has 0 spiro atoms. The highest BCUT2D eigenvalue weighted by Gasteiger charge is 2.40. The molecule has 3 rings (SSSR count). The van der Waals surface area contributed by atoms with Gasteiger partial charge in [0, 0.05) is 6.54 Å². The summed E-state index contributed by atoms with van der Waals surface area (Å²) in [5, 5.41) is 0. The molecule has 0 unspecified atom stereocenters. The summed E-state index contributed by atoms with van der Waals surface area (Å²) in [6.07, 6.45) is 0.349. The lowest BCUT2D eigenvalue weighted by Crippen LogP contribution is -2.39. The number of aromatic nitrogens is 2. The number of fused-ring (bicyclic) bond motifs is 1. The molecule has 0 amide bonds. The summed E-state index contributed by atoms with van der Waals surface area (Å²) >= 11 is 0. The first-order chi connectivity index (χ1) is 11.0. The molecule has 0 saturated carbocycles. The van der Waals surface area contributed by atoms with Crippen molar-refractivity contribution in [2.45, 2.75) is 38.4 Å². The van der Waals surface area contributed by atoms with Crippen LogP contribution in [-0.2, 0) is 6.54 Å². The Morgan fingerprint density at radius 1 is 1.04 bits per heavy atom. The number of aryl methyl sites for hydroxylation is 1. The number of nitrogens with zero attached hydrogens (tertiary/aromatic N) is 3. The van der Waals surface area contributed by atoms with Crippen molar-refractivity contribution in [1.82, 2.24) is 14.5 Å². The quantitative estimate of drug-likeness (QED) is 0.772. The smallest absolute Gasteiger partial charge is 0.331 e. The van der Waals surface area contributed by atoms with Gasteiger partial charge in [0.1, 0.15) is 0 Å². The van der Waals surface area contributed by atoms with Gasteiger partial charge in [0.2, 0.25) is 0 Å². The van der Waals surface area contributed by atoms with Gasteiger partial charge in [-0.05, 0) is 57.5 Å². The summed E-state index contributed by atoms with van der Waals surface area (Å²) in [4.78, 5) is 6.53. The lowest BCUT2D eigenvalue weighted by molar-refractivity contribution is -0.185. The Balaban J connectivity index is 1.39. The fourth-order valence-electron chi connectivity index (χ4n) is 3.29. The molecule has 23 heavy (non-hydrogen) atoms. The minimum Gasteiger partial charge on any atom is -0.331 e. The average molecular weight is 325 g/mol. The first-order valence-corrected chi connectivity index (χ1v) is 8.23. The van der Waals surface area contributed by atoms with Gasteiger partial charge in [0.05, 0.1) is 23.3 Å². The van der Waals surface area contributed by atoms with E-state index in [1.165, 1.54) is 0 Å². The number of hydrogen-bond acceptors (Lipinski definition) is 2. The van der Waals surface area contributed by atoms with Gasteiger partial charge in [-0.3, -0.25) is 0 Å². The maximum Gasteiger partial charge on any atom is 0.391 e. The molecule has 0 aliphatic carbocycles. The lowest BCUT2D eigenvalue weighted by Gasteiger charge is -2.32. The second-order valence-corrected chi connectivity index (χ2v) is 6.29. The number of likely N-dealkylation sites (tertiary alicyclic amines) is 1. The van der Waals surface area contributed by atoms with Crippen LogP contribution >= 0.6 is 0 Å². The molecule has 0 radical (unpaired) electrons. The largest absolute Gasteiger partial charge is 0.391 e. The number of halogens is 3. The van der Waals surface area contributed by atoms with Crippen LogP contribution in [0.1, 0.15) is 25.7 Å². The van der Waals surface area contributed by atoms with E-state index in [4.69, 9.17) is 0 Å². The van der Waals surface area contributed by atoms with Crippen molar-refractivity contribution in [3.05, 3.63) is 30.6 Å². The second-order valence-electron chi connectivity index (χ2n) is 6.29. The number of imidazole rings is 1. The van der Waals surface area contributed by atoms with Crippen molar-refractivity contribution in [1.29, 1.82) is 0 Å². The third-order valence-corrected chi connectivity index (χ3v) is 4.70. The molecule has 0 N–H and O–H groups in total. The van der Waals surface area contributed by atoms with Crippen LogP contribution in [0.15, 0.2) is 30.6 Å². The van der Waals surface area contributed by atoms with E-state index in [1.54, 1.807) is 0 Å². The van der Waals surface area contributed by atoms with Crippen LogP contribution in [0.5, 0.6) is 0 Å². The molecule has 2 heterocycles. The number of piperidine rings is 1. The van der Waals surface area contributed by atoms with E-state index in [1.807, 2.05) is 24.5 Å². The summed E-state index contributed by atoms with van der Waals surface area (Å²) in [5.41, 5.74) is 2.14. The molecule has 6 heteroatoms. The van der Waals surface area contributed by atoms with Crippen LogP contribution in [0.2, 0.25) is 0 Å². The molecule has 1 aliphatic rings. The number of rotatable bonds is 5. The molecule has 1 saturated heterocycles. The Hall–Kier alpha value is -1.56. The van der Waals surface area contributed by atoms with Crippen LogP contribution in [0.3, 0.4) is 0 Å². The molecule has 3 nitrogen and oxygen atoms in total. The van der Waals surface area contributed by atoms with Crippen molar-refractivity contribution < 1.29 is 13.2 Å². The molecule has 126 valence electrons. The predicted octanol–water partition coefficient (Wildman–Crippen LogP) is 4.09. The van der Waals surface area contributed by atoms with Crippen molar-refractivity contribution in [2.24, 2.45) is 5.92 Å². The maximum atomic E-state index is 12.6. The van der Waals surface area contributed by atoms with Crippen LogP contribution in [0.25, 0.3) is 11.0 Å². The maximum absolute atomic E-state index is 12.6. The SMILES string of the molecule is FC(F)(F)C1CCN(CCCCn2cnc3ccccc32)CC1. The summed E-state index contributed by atoms with van der Waals surface area (Å²) in [7, 11) is 0. The lowest BCUT2D eigenvalue weighted by atomic mass is 9.96. The van der Waals surface area contributed by atoms with Crippen LogP contribution in [-0.4, -0.2) is 40.3 Å². The standard InChI is InChI=1S/C17H22F3N3/c18-17(19,20)14-7-11-22(12-8-14)9-3-4-10-23-13-21-15-5-1-2-6-16(15)23/h1-2,5-6,13-14H,3-4,7-12H2. The minimum absolute atomic E-state index is 0.246. The van der Waals surface area contributed by atoms with Gasteiger partial charge < -0.3 is 9.47 Å². The Kier molecular flexibility index (Phi) is 4.90. The molecule has 1 aromatic heterocycles. The summed E-state index contributed by atoms with van der Waals surface area (Å²) < 4.78 is 40.0. The van der Waals surface area contributed by atoms with Gasteiger partial charge in [0.15, 0.2) is 0 Å². The molecule has 2 aromatic rings. The molecule has 1 aromatic carbocycles. The van der Waals surface area contributed by atoms with Gasteiger partial charge in [-0.2, -0.15) is 13.2 Å². The number of unbranched alkanes of at least 4 members (excludes halogenated alkanes) is 1. The molecular formula is C17H22F3N3. The topological polar surface area (TPSA) is 21.1 Å². The van der Waals surface area contributed by atoms with E-state index in [9.17, 15) is 13.2 Å². The van der Waals surface area contributed by atoms with Crippen molar-refractivity contribution in [2.75, 3.05) is 19.6 Å². The monoisotopic (exact) mass is 325 g/mol. The van der Waals surface area contributed by atoms with Crippen molar-refractivity contribution >= 4 is 11.0 Å². The highest BCUT2D eigenvalue weighted by atomic mass is 19.4. The highest BCUT2D eigenvalue weighted by molar-refractivity contribution is 5.74. The fourth-order valence-corrected chi connectivity index (χ4v) is 3.29. The zero-order valence-corrected chi connectivity index (χ0v) is 13.1. The van der Waals surface area contributed by atoms with E-state index in [-0.39, 0.29) is 12.8 Å². The van der Waals surface area contributed by atoms with Gasteiger partial charge in [-0.15, -0.1) is 0 Å². The van der Waals surface area contributed by atoms with E-state index < -0.39 is 12.1 Å². The summed E-state index contributed by atoms with van der Waals surface area (Å²) in [5.74, 6) is -1.10. The first kappa shape index (κ1) is 16.3. The number of hydrogen-bond donors (Lipinski definition) is 0. The van der Waals surface area contributed by atoms with Crippen LogP contribution in [0.4, 0.5) is 13.2 Å². The third-order valence-electron chi connectivity index (χ3n) is 4.70. The van der Waals surface area contributed by atoms with Crippen molar-refractivity contribution in [3.8, 4) is 0 Å². The van der Waals surface area contributed by atoms with Crippen LogP contribution in [0, 0.1) is 5.92 Å². The number of para-hydroxylation sites is 2. The molecule has 0 atom stereocenters. The number of benzene rings is 1. The van der Waals surface area contributed by atoms with Crippen LogP contribution < -0.4 is 0 Å². The predicted molar refractivity (Wildman–Crippen MR) is 84.2 cm³/mol. The fraction of sp³-hybridized carbons (Fsp3) is 0.588. The zero-order valence-electron chi connectivity index (χ0n) is 13.1. The minimum atomic E-state index is -4.02. The summed E-state index contributed by atoms with van der Waals surface area (Å²) in [6.45, 7) is 2.92. The van der Waals surface area contributed by atoms with E-state index in [2.05, 4.69) is 20.5 Å². The Bertz CT molecular complexity index is 627. The highest BCUT2D eigenvalue weighted by Crippen LogP contribution is 2.34. The Morgan fingerprint density at radius 3 is 2.48 bits per heavy atom. The van der Waals surface area contributed by atoms with Crippen molar-refractivity contribution in [3.63, 3.8) is 0 Å². The van der Waals surface area contributed by atoms with Gasteiger partial charge in [-0.1, -0.05) is 12.1 Å². The van der Waals surface area contributed by atoms with Gasteiger partial charge in [0.25, 0.3) is 0 Å². The number of alkyl halides is 3.